The molecule has 3 rings (SSSR count). The molecule has 2 heterocycles. The van der Waals surface area contributed by atoms with Crippen LogP contribution in [0.4, 0.5) is 0 Å². The Balaban J connectivity index is 1.83. The first-order valence-corrected chi connectivity index (χ1v) is 7.08. The fraction of sp³-hybridized carbons (Fsp3) is 0.286. The normalized spacial score (nSPS) is 22.5. The number of carbonyl (C=O) groups is 1. The van der Waals surface area contributed by atoms with Crippen molar-refractivity contribution in [1.82, 2.24) is 9.55 Å². The highest BCUT2D eigenvalue weighted by Gasteiger charge is 2.33. The number of para-hydroxylation sites is 1. The van der Waals surface area contributed by atoms with Crippen LogP contribution in [0.25, 0.3) is 5.69 Å². The lowest BCUT2D eigenvalue weighted by Gasteiger charge is -2.09. The van der Waals surface area contributed by atoms with Crippen molar-refractivity contribution in [3.63, 3.8) is 0 Å². The zero-order valence-corrected chi connectivity index (χ0v) is 11.3. The van der Waals surface area contributed by atoms with E-state index in [1.54, 1.807) is 6.20 Å². The maximum Gasteiger partial charge on any atom is 0.319 e. The molecule has 1 aromatic carbocycles. The number of thioether (sulfide) groups is 1. The average molecular weight is 274 g/mol. The minimum absolute atomic E-state index is 0.00476. The maximum absolute atomic E-state index is 11.7. The van der Waals surface area contributed by atoms with Gasteiger partial charge in [-0.05, 0) is 19.1 Å². The molecular formula is C14H14N2O2S. The molecule has 0 bridgehead atoms. The average Bonchev–Trinajstić information content (AvgIpc) is 2.98. The van der Waals surface area contributed by atoms with Crippen LogP contribution >= 0.6 is 11.8 Å². The molecule has 2 aromatic rings. The molecule has 0 unspecified atom stereocenters. The van der Waals surface area contributed by atoms with Crippen LogP contribution in [0.15, 0.2) is 47.9 Å². The van der Waals surface area contributed by atoms with Gasteiger partial charge in [0.15, 0.2) is 5.16 Å². The summed E-state index contributed by atoms with van der Waals surface area (Å²) in [4.78, 5) is 16.0. The lowest BCUT2D eigenvalue weighted by atomic mass is 10.3. The summed E-state index contributed by atoms with van der Waals surface area (Å²) < 4.78 is 7.16. The van der Waals surface area contributed by atoms with Crippen LogP contribution in [0.2, 0.25) is 0 Å². The Hall–Kier alpha value is -1.75. The Labute approximate surface area is 115 Å². The van der Waals surface area contributed by atoms with Crippen LogP contribution in [-0.4, -0.2) is 26.9 Å². The minimum atomic E-state index is -0.153. The second kappa shape index (κ2) is 5.09. The minimum Gasteiger partial charge on any atom is -0.462 e. The fourth-order valence-electron chi connectivity index (χ4n) is 2.11. The van der Waals surface area contributed by atoms with Gasteiger partial charge in [0, 0.05) is 24.5 Å². The van der Waals surface area contributed by atoms with Crippen LogP contribution in [0.3, 0.4) is 0 Å². The lowest BCUT2D eigenvalue weighted by molar-refractivity contribution is -0.140. The topological polar surface area (TPSA) is 44.1 Å². The van der Waals surface area contributed by atoms with Gasteiger partial charge in [-0.1, -0.05) is 30.0 Å². The number of hydrogen-bond donors (Lipinski definition) is 0. The molecule has 0 saturated carbocycles. The van der Waals surface area contributed by atoms with E-state index < -0.39 is 0 Å². The molecule has 0 N–H and O–H groups in total. The van der Waals surface area contributed by atoms with Gasteiger partial charge in [0.05, 0.1) is 0 Å². The van der Waals surface area contributed by atoms with Crippen molar-refractivity contribution in [2.75, 3.05) is 0 Å². The van der Waals surface area contributed by atoms with Crippen LogP contribution in [-0.2, 0) is 9.53 Å². The summed E-state index contributed by atoms with van der Waals surface area (Å²) in [5.41, 5.74) is 1.04. The molecule has 0 radical (unpaired) electrons. The number of esters is 1. The summed E-state index contributed by atoms with van der Waals surface area (Å²) >= 11 is 1.47. The molecule has 1 saturated heterocycles. The van der Waals surface area contributed by atoms with E-state index in [4.69, 9.17) is 4.74 Å². The summed E-state index contributed by atoms with van der Waals surface area (Å²) in [6.45, 7) is 1.92. The van der Waals surface area contributed by atoms with Gasteiger partial charge in [0.1, 0.15) is 11.4 Å². The van der Waals surface area contributed by atoms with E-state index in [2.05, 4.69) is 4.98 Å². The first-order valence-electron chi connectivity index (χ1n) is 6.20. The van der Waals surface area contributed by atoms with Gasteiger partial charge < -0.3 is 4.74 Å². The third-order valence-corrected chi connectivity index (χ3v) is 4.20. The monoisotopic (exact) mass is 274 g/mol. The third kappa shape index (κ3) is 2.51. The Morgan fingerprint density at radius 2 is 2.16 bits per heavy atom. The van der Waals surface area contributed by atoms with Gasteiger partial charge in [-0.25, -0.2) is 4.98 Å². The zero-order chi connectivity index (χ0) is 13.2. The predicted octanol–water partition coefficient (Wildman–Crippen LogP) is 2.67. The van der Waals surface area contributed by atoms with Crippen molar-refractivity contribution in [3.05, 3.63) is 42.7 Å². The van der Waals surface area contributed by atoms with Gasteiger partial charge in [-0.3, -0.25) is 9.36 Å². The molecule has 98 valence electrons. The van der Waals surface area contributed by atoms with Gasteiger partial charge in [-0.2, -0.15) is 0 Å². The molecule has 0 spiro atoms. The predicted molar refractivity (Wildman–Crippen MR) is 73.4 cm³/mol. The van der Waals surface area contributed by atoms with E-state index in [9.17, 15) is 4.79 Å². The Kier molecular flexibility index (Phi) is 3.29. The van der Waals surface area contributed by atoms with E-state index in [0.717, 1.165) is 17.3 Å². The number of aromatic nitrogens is 2. The summed E-state index contributed by atoms with van der Waals surface area (Å²) in [6.07, 6.45) is 4.40. The number of ether oxygens (including phenoxy) is 1. The number of rotatable bonds is 3. The van der Waals surface area contributed by atoms with Gasteiger partial charge in [0.2, 0.25) is 0 Å². The Morgan fingerprint density at radius 3 is 2.84 bits per heavy atom. The number of imidazole rings is 1. The van der Waals surface area contributed by atoms with Crippen LogP contribution in [0.5, 0.6) is 0 Å². The number of cyclic esters (lactones) is 1. The molecule has 4 nitrogen and oxygen atoms in total. The van der Waals surface area contributed by atoms with Crippen molar-refractivity contribution >= 4 is 17.7 Å². The maximum atomic E-state index is 11.7. The van der Waals surface area contributed by atoms with Crippen molar-refractivity contribution in [1.29, 1.82) is 0 Å². The molecule has 2 atom stereocenters. The van der Waals surface area contributed by atoms with E-state index in [1.807, 2.05) is 48.0 Å². The highest BCUT2D eigenvalue weighted by Crippen LogP contribution is 2.32. The molecule has 0 aliphatic carbocycles. The van der Waals surface area contributed by atoms with E-state index in [1.165, 1.54) is 11.8 Å². The Bertz CT molecular complexity index is 582. The van der Waals surface area contributed by atoms with Crippen LogP contribution in [0, 0.1) is 0 Å². The summed E-state index contributed by atoms with van der Waals surface area (Å²) in [5.74, 6) is -0.139. The molecule has 1 fully saturated rings. The lowest BCUT2D eigenvalue weighted by Crippen LogP contribution is -2.10. The number of hydrogen-bond acceptors (Lipinski definition) is 4. The highest BCUT2D eigenvalue weighted by molar-refractivity contribution is 8.00. The first kappa shape index (κ1) is 12.3. The number of nitrogens with zero attached hydrogens (tertiary/aromatic N) is 2. The summed E-state index contributed by atoms with van der Waals surface area (Å²) in [6, 6.07) is 9.97. The standard InChI is InChI=1S/C14H14N2O2S/c1-10-9-12(13(17)18-10)19-14-15-7-8-16(14)11-5-3-2-4-6-11/h2-8,10,12H,9H2,1H3/t10-,12+/m1/s1. The van der Waals surface area contributed by atoms with Gasteiger partial charge >= 0.3 is 5.97 Å². The van der Waals surface area contributed by atoms with Gasteiger partial charge in [0.25, 0.3) is 0 Å². The first-order chi connectivity index (χ1) is 9.24. The molecule has 19 heavy (non-hydrogen) atoms. The molecule has 5 heteroatoms. The molecular weight excluding hydrogens is 260 g/mol. The second-order valence-electron chi connectivity index (χ2n) is 4.51. The van der Waals surface area contributed by atoms with E-state index in [-0.39, 0.29) is 17.3 Å². The molecule has 0 amide bonds. The van der Waals surface area contributed by atoms with Crippen molar-refractivity contribution < 1.29 is 9.53 Å². The SMILES string of the molecule is C[C@@H]1C[C@H](Sc2nccn2-c2ccccc2)C(=O)O1. The zero-order valence-electron chi connectivity index (χ0n) is 10.5. The van der Waals surface area contributed by atoms with Gasteiger partial charge in [-0.15, -0.1) is 0 Å². The van der Waals surface area contributed by atoms with E-state index >= 15 is 0 Å². The summed E-state index contributed by atoms with van der Waals surface area (Å²) in [7, 11) is 0. The Morgan fingerprint density at radius 1 is 1.37 bits per heavy atom. The molecule has 1 aromatic heterocycles. The van der Waals surface area contributed by atoms with E-state index in [0.29, 0.717) is 0 Å². The number of carbonyl (C=O) groups excluding carboxylic acids is 1. The fourth-order valence-corrected chi connectivity index (χ4v) is 3.28. The molecule has 1 aliphatic heterocycles. The van der Waals surface area contributed by atoms with Crippen molar-refractivity contribution in [2.45, 2.75) is 29.9 Å². The second-order valence-corrected chi connectivity index (χ2v) is 5.67. The quantitative estimate of drug-likeness (QED) is 0.807. The van der Waals surface area contributed by atoms with Crippen molar-refractivity contribution in [2.24, 2.45) is 0 Å². The third-order valence-electron chi connectivity index (χ3n) is 3.02. The molecule has 1 aliphatic rings. The van der Waals surface area contributed by atoms with Crippen molar-refractivity contribution in [3.8, 4) is 5.69 Å². The summed E-state index contributed by atoms with van der Waals surface area (Å²) in [5, 5.41) is 0.669. The van der Waals surface area contributed by atoms with Crippen LogP contribution < -0.4 is 0 Å². The highest BCUT2D eigenvalue weighted by atomic mass is 32.2. The smallest absolute Gasteiger partial charge is 0.319 e. The largest absolute Gasteiger partial charge is 0.462 e. The number of benzene rings is 1. The van der Waals surface area contributed by atoms with Crippen LogP contribution in [0.1, 0.15) is 13.3 Å².